The van der Waals surface area contributed by atoms with Gasteiger partial charge in [0.05, 0.1) is 5.71 Å². The van der Waals surface area contributed by atoms with Gasteiger partial charge in [-0.2, -0.15) is 5.10 Å². The third kappa shape index (κ3) is 4.97. The van der Waals surface area contributed by atoms with E-state index in [0.717, 1.165) is 5.56 Å². The van der Waals surface area contributed by atoms with Crippen LogP contribution in [0.4, 0.5) is 0 Å². The van der Waals surface area contributed by atoms with Crippen LogP contribution < -0.4 is 10.2 Å². The fourth-order valence-corrected chi connectivity index (χ4v) is 1.94. The van der Waals surface area contributed by atoms with Crippen molar-refractivity contribution in [2.24, 2.45) is 5.10 Å². The lowest BCUT2D eigenvalue weighted by molar-refractivity contribution is 0.0955. The molecular formula is C18H17ClN2O2. The molecule has 0 aromatic heterocycles. The standard InChI is InChI=1S/C18H17ClN2O2/c1-3-12-23-17-10-6-15(7-11-17)18(22)21-20-13(2)14-4-8-16(19)9-5-14/h3-11H,1,12H2,2H3,(H,21,22). The van der Waals surface area contributed by atoms with Gasteiger partial charge in [-0.3, -0.25) is 4.79 Å². The third-order valence-electron chi connectivity index (χ3n) is 3.07. The van der Waals surface area contributed by atoms with Crippen LogP contribution in [0.1, 0.15) is 22.8 Å². The number of hydrogen-bond donors (Lipinski definition) is 1. The molecule has 0 saturated heterocycles. The first-order valence-corrected chi connectivity index (χ1v) is 7.42. The number of hydrogen-bond acceptors (Lipinski definition) is 3. The Balaban J connectivity index is 1.99. The van der Waals surface area contributed by atoms with Crippen molar-refractivity contribution < 1.29 is 9.53 Å². The van der Waals surface area contributed by atoms with Gasteiger partial charge in [0.1, 0.15) is 12.4 Å². The summed E-state index contributed by atoms with van der Waals surface area (Å²) >= 11 is 5.84. The van der Waals surface area contributed by atoms with Crippen molar-refractivity contribution >= 4 is 23.2 Å². The molecule has 5 heteroatoms. The number of carbonyl (C=O) groups is 1. The number of rotatable bonds is 6. The summed E-state index contributed by atoms with van der Waals surface area (Å²) in [6.07, 6.45) is 1.66. The second-order valence-corrected chi connectivity index (χ2v) is 5.21. The summed E-state index contributed by atoms with van der Waals surface area (Å²) in [6.45, 7) is 5.82. The SMILES string of the molecule is C=CCOc1ccc(C(=O)NN=C(C)c2ccc(Cl)cc2)cc1. The second-order valence-electron chi connectivity index (χ2n) is 4.77. The van der Waals surface area contributed by atoms with Gasteiger partial charge in [-0.15, -0.1) is 0 Å². The van der Waals surface area contributed by atoms with Crippen LogP contribution in [0.25, 0.3) is 0 Å². The van der Waals surface area contributed by atoms with Gasteiger partial charge in [-0.05, 0) is 48.9 Å². The van der Waals surface area contributed by atoms with Crippen molar-refractivity contribution in [3.8, 4) is 5.75 Å². The minimum atomic E-state index is -0.284. The van der Waals surface area contributed by atoms with E-state index in [1.165, 1.54) is 0 Å². The molecule has 0 bridgehead atoms. The van der Waals surface area contributed by atoms with Crippen LogP contribution >= 0.6 is 11.6 Å². The zero-order chi connectivity index (χ0) is 16.7. The largest absolute Gasteiger partial charge is 0.490 e. The first-order chi connectivity index (χ1) is 11.1. The lowest BCUT2D eigenvalue weighted by Crippen LogP contribution is -2.19. The predicted molar refractivity (Wildman–Crippen MR) is 93.3 cm³/mol. The number of amides is 1. The highest BCUT2D eigenvalue weighted by Gasteiger charge is 2.05. The molecule has 0 aliphatic heterocycles. The van der Waals surface area contributed by atoms with Crippen LogP contribution in [0.2, 0.25) is 5.02 Å². The Morgan fingerprint density at radius 1 is 1.17 bits per heavy atom. The van der Waals surface area contributed by atoms with Crippen LogP contribution in [-0.4, -0.2) is 18.2 Å². The molecule has 0 aliphatic rings. The molecule has 0 saturated carbocycles. The van der Waals surface area contributed by atoms with Gasteiger partial charge in [-0.1, -0.05) is 36.4 Å². The minimum Gasteiger partial charge on any atom is -0.490 e. The molecule has 0 spiro atoms. The molecule has 1 N–H and O–H groups in total. The third-order valence-corrected chi connectivity index (χ3v) is 3.32. The molecule has 0 radical (unpaired) electrons. The molecule has 0 unspecified atom stereocenters. The number of halogens is 1. The van der Waals surface area contributed by atoms with Crippen LogP contribution in [0.5, 0.6) is 5.75 Å². The van der Waals surface area contributed by atoms with Gasteiger partial charge in [0, 0.05) is 10.6 Å². The topological polar surface area (TPSA) is 50.7 Å². The van der Waals surface area contributed by atoms with Gasteiger partial charge in [0.25, 0.3) is 5.91 Å². The normalized spacial score (nSPS) is 11.0. The highest BCUT2D eigenvalue weighted by atomic mass is 35.5. The molecule has 0 aliphatic carbocycles. The van der Waals surface area contributed by atoms with Crippen LogP contribution in [0, 0.1) is 0 Å². The van der Waals surface area contributed by atoms with Gasteiger partial charge < -0.3 is 4.74 Å². The lowest BCUT2D eigenvalue weighted by atomic mass is 10.1. The van der Waals surface area contributed by atoms with Crippen molar-refractivity contribution in [1.82, 2.24) is 5.43 Å². The monoisotopic (exact) mass is 328 g/mol. The number of nitrogens with zero attached hydrogens (tertiary/aromatic N) is 1. The van der Waals surface area contributed by atoms with Gasteiger partial charge in [0.2, 0.25) is 0 Å². The van der Waals surface area contributed by atoms with E-state index >= 15 is 0 Å². The Hall–Kier alpha value is -2.59. The number of ether oxygens (including phenoxy) is 1. The molecule has 2 aromatic rings. The van der Waals surface area contributed by atoms with E-state index in [1.54, 1.807) is 42.5 Å². The van der Waals surface area contributed by atoms with Crippen molar-refractivity contribution in [2.75, 3.05) is 6.61 Å². The molecule has 2 rings (SSSR count). The van der Waals surface area contributed by atoms with E-state index in [1.807, 2.05) is 19.1 Å². The maximum atomic E-state index is 12.1. The smallest absolute Gasteiger partial charge is 0.271 e. The Morgan fingerprint density at radius 2 is 1.78 bits per heavy atom. The molecule has 0 fully saturated rings. The van der Waals surface area contributed by atoms with Crippen LogP contribution in [0.15, 0.2) is 66.3 Å². The Morgan fingerprint density at radius 3 is 2.39 bits per heavy atom. The quantitative estimate of drug-likeness (QED) is 0.494. The summed E-state index contributed by atoms with van der Waals surface area (Å²) < 4.78 is 5.37. The molecule has 2 aromatic carbocycles. The average molecular weight is 329 g/mol. The number of carbonyl (C=O) groups excluding carboxylic acids is 1. The van der Waals surface area contributed by atoms with Gasteiger partial charge in [0.15, 0.2) is 0 Å². The molecule has 4 nitrogen and oxygen atoms in total. The van der Waals surface area contributed by atoms with Gasteiger partial charge >= 0.3 is 0 Å². The summed E-state index contributed by atoms with van der Waals surface area (Å²) in [7, 11) is 0. The first-order valence-electron chi connectivity index (χ1n) is 7.04. The van der Waals surface area contributed by atoms with E-state index in [4.69, 9.17) is 16.3 Å². The van der Waals surface area contributed by atoms with Crippen molar-refractivity contribution in [2.45, 2.75) is 6.92 Å². The highest BCUT2D eigenvalue weighted by molar-refractivity contribution is 6.30. The van der Waals surface area contributed by atoms with E-state index in [0.29, 0.717) is 28.7 Å². The number of nitrogens with one attached hydrogen (secondary N) is 1. The first kappa shape index (κ1) is 16.8. The molecule has 0 heterocycles. The summed E-state index contributed by atoms with van der Waals surface area (Å²) in [5, 5.41) is 4.76. The molecule has 23 heavy (non-hydrogen) atoms. The average Bonchev–Trinajstić information content (AvgIpc) is 2.58. The summed E-state index contributed by atoms with van der Waals surface area (Å²) in [5.41, 5.74) is 4.62. The Labute approximate surface area is 140 Å². The highest BCUT2D eigenvalue weighted by Crippen LogP contribution is 2.12. The zero-order valence-electron chi connectivity index (χ0n) is 12.8. The summed E-state index contributed by atoms with van der Waals surface area (Å²) in [6, 6.07) is 14.1. The zero-order valence-corrected chi connectivity index (χ0v) is 13.5. The van der Waals surface area contributed by atoms with Crippen LogP contribution in [-0.2, 0) is 0 Å². The lowest BCUT2D eigenvalue weighted by Gasteiger charge is -2.05. The minimum absolute atomic E-state index is 0.284. The fraction of sp³-hybridized carbons (Fsp3) is 0.111. The summed E-state index contributed by atoms with van der Waals surface area (Å²) in [5.74, 6) is 0.399. The van der Waals surface area contributed by atoms with E-state index in [9.17, 15) is 4.79 Å². The number of hydrazone groups is 1. The molecule has 1 amide bonds. The Kier molecular flexibility index (Phi) is 5.94. The predicted octanol–water partition coefficient (Wildman–Crippen LogP) is 4.06. The maximum absolute atomic E-state index is 12.1. The molecular weight excluding hydrogens is 312 g/mol. The second kappa shape index (κ2) is 8.15. The Bertz CT molecular complexity index is 707. The van der Waals surface area contributed by atoms with E-state index < -0.39 is 0 Å². The van der Waals surface area contributed by atoms with Crippen molar-refractivity contribution in [3.05, 3.63) is 77.3 Å². The molecule has 0 atom stereocenters. The van der Waals surface area contributed by atoms with Crippen molar-refractivity contribution in [1.29, 1.82) is 0 Å². The van der Waals surface area contributed by atoms with E-state index in [-0.39, 0.29) is 5.91 Å². The number of benzene rings is 2. The molecule has 118 valence electrons. The van der Waals surface area contributed by atoms with Crippen molar-refractivity contribution in [3.63, 3.8) is 0 Å². The fourth-order valence-electron chi connectivity index (χ4n) is 1.81. The summed E-state index contributed by atoms with van der Waals surface area (Å²) in [4.78, 5) is 12.1. The maximum Gasteiger partial charge on any atom is 0.271 e. The van der Waals surface area contributed by atoms with Crippen LogP contribution in [0.3, 0.4) is 0 Å². The van der Waals surface area contributed by atoms with E-state index in [2.05, 4.69) is 17.1 Å². The van der Waals surface area contributed by atoms with Gasteiger partial charge in [-0.25, -0.2) is 5.43 Å².